The van der Waals surface area contributed by atoms with Crippen LogP contribution in [-0.4, -0.2) is 54.2 Å². The third-order valence-electron chi connectivity index (χ3n) is 5.17. The van der Waals surface area contributed by atoms with E-state index in [9.17, 15) is 23.7 Å². The Hall–Kier alpha value is -3.10. The van der Waals surface area contributed by atoms with Gasteiger partial charge in [-0.2, -0.15) is 0 Å². The number of carbonyl (C=O) groups is 1. The molecule has 1 saturated carbocycles. The van der Waals surface area contributed by atoms with Gasteiger partial charge in [-0.15, -0.1) is 0 Å². The van der Waals surface area contributed by atoms with Gasteiger partial charge in [0.25, 0.3) is 5.91 Å². The van der Waals surface area contributed by atoms with Gasteiger partial charge in [0.15, 0.2) is 0 Å². The molecule has 0 bridgehead atoms. The average molecular weight is 404 g/mol. The molecule has 0 spiro atoms. The Balaban J connectivity index is 1.84. The van der Waals surface area contributed by atoms with Gasteiger partial charge >= 0.3 is 5.69 Å². The number of amides is 1. The summed E-state index contributed by atoms with van der Waals surface area (Å²) in [5.74, 6) is -0.0676. The fraction of sp³-hybridized carbons (Fsp3) is 0.400. The lowest BCUT2D eigenvalue weighted by Crippen LogP contribution is -2.48. The second-order valence-electron chi connectivity index (χ2n) is 7.62. The number of hydrogen-bond acceptors (Lipinski definition) is 5. The topological polar surface area (TPSA) is 88.4 Å². The Morgan fingerprint density at radius 1 is 1.21 bits per heavy atom. The number of anilines is 1. The Bertz CT molecular complexity index is 906. The minimum atomic E-state index is -0.987. The molecule has 0 saturated heterocycles. The van der Waals surface area contributed by atoms with Crippen LogP contribution in [0.5, 0.6) is 0 Å². The highest BCUT2D eigenvalue weighted by atomic mass is 19.1. The smallest absolute Gasteiger partial charge is 0.311 e. The van der Waals surface area contributed by atoms with Gasteiger partial charge in [-0.25, -0.2) is 4.98 Å². The van der Waals surface area contributed by atoms with Gasteiger partial charge in [0, 0.05) is 42.7 Å². The van der Waals surface area contributed by atoms with E-state index < -0.39 is 23.7 Å². The molecule has 2 aromatic rings. The Morgan fingerprint density at radius 3 is 2.34 bits per heavy atom. The van der Waals surface area contributed by atoms with Crippen LogP contribution in [0.4, 0.5) is 20.3 Å². The van der Waals surface area contributed by atoms with Crippen molar-refractivity contribution in [3.63, 3.8) is 0 Å². The van der Waals surface area contributed by atoms with E-state index in [1.54, 1.807) is 38.4 Å². The van der Waals surface area contributed by atoms with E-state index in [1.807, 2.05) is 0 Å². The summed E-state index contributed by atoms with van der Waals surface area (Å²) in [5, 5.41) is 14.3. The number of benzene rings is 1. The third-order valence-corrected chi connectivity index (χ3v) is 5.17. The number of alkyl halides is 2. The zero-order valence-corrected chi connectivity index (χ0v) is 16.2. The molecule has 9 heteroatoms. The number of hydrogen-bond donors (Lipinski definition) is 1. The average Bonchev–Trinajstić information content (AvgIpc) is 2.69. The van der Waals surface area contributed by atoms with E-state index in [2.05, 4.69) is 10.3 Å². The van der Waals surface area contributed by atoms with Gasteiger partial charge in [-0.1, -0.05) is 12.1 Å². The van der Waals surface area contributed by atoms with Gasteiger partial charge in [-0.05, 0) is 31.0 Å². The highest BCUT2D eigenvalue weighted by Crippen LogP contribution is 2.44. The van der Waals surface area contributed by atoms with Crippen LogP contribution >= 0.6 is 0 Å². The molecule has 1 aliphatic rings. The van der Waals surface area contributed by atoms with E-state index in [0.29, 0.717) is 16.8 Å². The van der Waals surface area contributed by atoms with E-state index in [0.717, 1.165) is 0 Å². The number of halogens is 2. The molecule has 1 aromatic carbocycles. The Morgan fingerprint density at radius 2 is 1.83 bits per heavy atom. The van der Waals surface area contributed by atoms with Crippen molar-refractivity contribution in [1.82, 2.24) is 9.88 Å². The van der Waals surface area contributed by atoms with Gasteiger partial charge in [-0.3, -0.25) is 23.7 Å². The molecule has 0 unspecified atom stereocenters. The van der Waals surface area contributed by atoms with Crippen molar-refractivity contribution in [3.05, 3.63) is 52.1 Å². The van der Waals surface area contributed by atoms with Gasteiger partial charge in [0.2, 0.25) is 5.82 Å². The summed E-state index contributed by atoms with van der Waals surface area (Å²) in [4.78, 5) is 28.6. The van der Waals surface area contributed by atoms with Crippen LogP contribution in [0.2, 0.25) is 0 Å². The van der Waals surface area contributed by atoms with Gasteiger partial charge in [0.05, 0.1) is 24.0 Å². The predicted molar refractivity (Wildman–Crippen MR) is 105 cm³/mol. The largest absolute Gasteiger partial charge is 0.362 e. The summed E-state index contributed by atoms with van der Waals surface area (Å²) in [5.41, 5.74) is 0.504. The maximum Gasteiger partial charge on any atom is 0.311 e. The quantitative estimate of drug-likeness (QED) is 0.559. The lowest BCUT2D eigenvalue weighted by molar-refractivity contribution is -0.384. The van der Waals surface area contributed by atoms with Crippen LogP contribution in [-0.2, 0) is 0 Å². The van der Waals surface area contributed by atoms with E-state index >= 15 is 0 Å². The molecular formula is C20H22F2N4O3. The minimum Gasteiger partial charge on any atom is -0.362 e. The molecular weight excluding hydrogens is 382 g/mol. The Kier molecular flexibility index (Phi) is 5.76. The molecule has 0 radical (unpaired) electrons. The van der Waals surface area contributed by atoms with Crippen LogP contribution in [0.1, 0.15) is 23.2 Å². The molecule has 7 nitrogen and oxygen atoms in total. The zero-order valence-electron chi connectivity index (χ0n) is 16.2. The fourth-order valence-electron chi connectivity index (χ4n) is 3.44. The second-order valence-corrected chi connectivity index (χ2v) is 7.62. The summed E-state index contributed by atoms with van der Waals surface area (Å²) in [6, 6.07) is 9.36. The number of pyridine rings is 1. The maximum absolute atomic E-state index is 13.0. The predicted octanol–water partition coefficient (Wildman–Crippen LogP) is 3.86. The van der Waals surface area contributed by atoms with E-state index in [-0.39, 0.29) is 36.3 Å². The maximum atomic E-state index is 13.0. The summed E-state index contributed by atoms with van der Waals surface area (Å²) < 4.78 is 26.0. The normalized spacial score (nSPS) is 15.4. The van der Waals surface area contributed by atoms with Crippen molar-refractivity contribution < 1.29 is 18.5 Å². The molecule has 29 heavy (non-hydrogen) atoms. The second kappa shape index (κ2) is 8.10. The van der Waals surface area contributed by atoms with Crippen molar-refractivity contribution in [2.75, 3.05) is 32.8 Å². The number of aromatic nitrogens is 1. The molecule has 1 heterocycles. The van der Waals surface area contributed by atoms with Crippen molar-refractivity contribution in [1.29, 1.82) is 0 Å². The highest BCUT2D eigenvalue weighted by molar-refractivity contribution is 5.94. The van der Waals surface area contributed by atoms with Crippen LogP contribution < -0.4 is 5.32 Å². The van der Waals surface area contributed by atoms with Crippen LogP contribution in [0.3, 0.4) is 0 Å². The molecule has 154 valence electrons. The van der Waals surface area contributed by atoms with Crippen LogP contribution in [0, 0.1) is 15.5 Å². The van der Waals surface area contributed by atoms with Crippen LogP contribution in [0.25, 0.3) is 11.3 Å². The Labute approximate surface area is 166 Å². The monoisotopic (exact) mass is 404 g/mol. The van der Waals surface area contributed by atoms with Crippen molar-refractivity contribution in [3.8, 4) is 11.3 Å². The summed E-state index contributed by atoms with van der Waals surface area (Å²) in [6.07, 6.45) is 0.509. The standard InChI is InChI=1S/C20H22F2N4O3/c1-25(2)19(27)14-5-3-13(4-6-14)16-7-8-17(26(28)29)18(24-16)23-15-9-20(10-15,11-21)12-22/h3-8,15H,9-12H2,1-2H3,(H,23,24). The number of carbonyl (C=O) groups excluding carboxylic acids is 1. The highest BCUT2D eigenvalue weighted by Gasteiger charge is 2.45. The summed E-state index contributed by atoms with van der Waals surface area (Å²) >= 11 is 0. The summed E-state index contributed by atoms with van der Waals surface area (Å²) in [6.45, 7) is -1.51. The van der Waals surface area contributed by atoms with E-state index in [4.69, 9.17) is 0 Å². The lowest BCUT2D eigenvalue weighted by Gasteiger charge is -2.44. The number of nitrogens with one attached hydrogen (secondary N) is 1. The molecule has 1 N–H and O–H groups in total. The van der Waals surface area contributed by atoms with Crippen molar-refractivity contribution in [2.24, 2.45) is 5.41 Å². The molecule has 1 aromatic heterocycles. The number of rotatable bonds is 7. The molecule has 3 rings (SSSR count). The van der Waals surface area contributed by atoms with Gasteiger partial charge < -0.3 is 10.2 Å². The lowest BCUT2D eigenvalue weighted by atomic mass is 9.67. The SMILES string of the molecule is CN(C)C(=O)c1ccc(-c2ccc([N+](=O)[O-])c(NC3CC(CF)(CF)C3)n2)cc1. The first-order valence-corrected chi connectivity index (χ1v) is 9.14. The fourth-order valence-corrected chi connectivity index (χ4v) is 3.44. The molecule has 1 amide bonds. The molecule has 1 aliphatic carbocycles. The first-order valence-electron chi connectivity index (χ1n) is 9.14. The number of nitrogens with zero attached hydrogens (tertiary/aromatic N) is 3. The number of nitro groups is 1. The first kappa shape index (κ1) is 20.6. The minimum absolute atomic E-state index is 0.0669. The van der Waals surface area contributed by atoms with Crippen molar-refractivity contribution in [2.45, 2.75) is 18.9 Å². The van der Waals surface area contributed by atoms with E-state index in [1.165, 1.54) is 17.0 Å². The third kappa shape index (κ3) is 4.18. The molecule has 1 fully saturated rings. The summed E-state index contributed by atoms with van der Waals surface area (Å²) in [7, 11) is 3.32. The first-order chi connectivity index (χ1) is 13.8. The van der Waals surface area contributed by atoms with Crippen molar-refractivity contribution >= 4 is 17.4 Å². The molecule has 0 aliphatic heterocycles. The zero-order chi connectivity index (χ0) is 21.2. The van der Waals surface area contributed by atoms with Crippen LogP contribution in [0.15, 0.2) is 36.4 Å². The molecule has 0 atom stereocenters. The van der Waals surface area contributed by atoms with Gasteiger partial charge in [0.1, 0.15) is 0 Å².